The van der Waals surface area contributed by atoms with Gasteiger partial charge in [0, 0.05) is 12.0 Å². The molecule has 1 amide bonds. The summed E-state index contributed by atoms with van der Waals surface area (Å²) in [6.45, 7) is 2.35. The largest absolute Gasteiger partial charge is 0.349 e. The van der Waals surface area contributed by atoms with E-state index >= 15 is 0 Å². The second-order valence-corrected chi connectivity index (χ2v) is 6.01. The third kappa shape index (κ3) is 3.72. The van der Waals surface area contributed by atoms with Gasteiger partial charge in [-0.25, -0.2) is 0 Å². The van der Waals surface area contributed by atoms with Crippen LogP contribution in [0.4, 0.5) is 0 Å². The summed E-state index contributed by atoms with van der Waals surface area (Å²) < 4.78 is 5.24. The van der Waals surface area contributed by atoms with Crippen LogP contribution in [0.3, 0.4) is 0 Å². The van der Waals surface area contributed by atoms with Gasteiger partial charge in [-0.1, -0.05) is 35.7 Å². The summed E-state index contributed by atoms with van der Waals surface area (Å²) >= 11 is 0. The summed E-state index contributed by atoms with van der Waals surface area (Å²) in [5, 5.41) is 6.79. The minimum atomic E-state index is 0.0774. The van der Waals surface area contributed by atoms with E-state index in [9.17, 15) is 4.79 Å². The first-order chi connectivity index (χ1) is 10.7. The number of aromatic nitrogens is 2. The van der Waals surface area contributed by atoms with Crippen LogP contribution in [-0.2, 0) is 11.3 Å². The number of carbonyl (C=O) groups is 1. The minimum Gasteiger partial charge on any atom is -0.349 e. The van der Waals surface area contributed by atoms with Crippen LogP contribution < -0.4 is 5.32 Å². The van der Waals surface area contributed by atoms with E-state index in [-0.39, 0.29) is 5.91 Å². The summed E-state index contributed by atoms with van der Waals surface area (Å²) in [6.07, 6.45) is 5.47. The van der Waals surface area contributed by atoms with E-state index in [1.807, 2.05) is 31.2 Å². The van der Waals surface area contributed by atoms with Gasteiger partial charge in [0.1, 0.15) is 0 Å². The molecule has 116 valence electrons. The highest BCUT2D eigenvalue weighted by Gasteiger charge is 2.18. The first-order valence-electron chi connectivity index (χ1n) is 7.87. The molecule has 1 aliphatic rings. The standard InChI is InChI=1S/C17H21N3O2/c1-12-6-8-14(9-7-12)17-19-15(20-22-17)11-18-16(21)10-13-4-2-3-5-13/h6-9,13H,2-5,10-11H2,1H3,(H,18,21). The third-order valence-corrected chi connectivity index (χ3v) is 4.16. The number of aryl methyl sites for hydroxylation is 1. The van der Waals surface area contributed by atoms with Crippen LogP contribution in [0.15, 0.2) is 28.8 Å². The van der Waals surface area contributed by atoms with E-state index in [4.69, 9.17) is 4.52 Å². The van der Waals surface area contributed by atoms with E-state index in [0.29, 0.717) is 30.6 Å². The molecule has 1 heterocycles. The number of nitrogens with one attached hydrogen (secondary N) is 1. The first kappa shape index (κ1) is 14.8. The molecule has 5 nitrogen and oxygen atoms in total. The van der Waals surface area contributed by atoms with Crippen LogP contribution in [0.5, 0.6) is 0 Å². The Morgan fingerprint density at radius 1 is 1.27 bits per heavy atom. The monoisotopic (exact) mass is 299 g/mol. The van der Waals surface area contributed by atoms with Crippen LogP contribution >= 0.6 is 0 Å². The Bertz CT molecular complexity index is 628. The highest BCUT2D eigenvalue weighted by atomic mass is 16.5. The Labute approximate surface area is 130 Å². The van der Waals surface area contributed by atoms with Crippen molar-refractivity contribution in [3.05, 3.63) is 35.7 Å². The molecular formula is C17H21N3O2. The summed E-state index contributed by atoms with van der Waals surface area (Å²) in [6, 6.07) is 7.90. The zero-order valence-corrected chi connectivity index (χ0v) is 12.8. The van der Waals surface area contributed by atoms with Gasteiger partial charge in [0.05, 0.1) is 6.54 Å². The fourth-order valence-corrected chi connectivity index (χ4v) is 2.87. The topological polar surface area (TPSA) is 68.0 Å². The van der Waals surface area contributed by atoms with Gasteiger partial charge in [-0.05, 0) is 37.8 Å². The van der Waals surface area contributed by atoms with E-state index in [0.717, 1.165) is 5.56 Å². The lowest BCUT2D eigenvalue weighted by molar-refractivity contribution is -0.122. The lowest BCUT2D eigenvalue weighted by atomic mass is 10.0. The van der Waals surface area contributed by atoms with Crippen LogP contribution in [0.25, 0.3) is 11.5 Å². The average Bonchev–Trinajstić information content (AvgIpc) is 3.17. The van der Waals surface area contributed by atoms with Crippen LogP contribution in [0, 0.1) is 12.8 Å². The predicted molar refractivity (Wildman–Crippen MR) is 82.9 cm³/mol. The quantitative estimate of drug-likeness (QED) is 0.920. The summed E-state index contributed by atoms with van der Waals surface area (Å²) in [5.74, 6) is 1.62. The second-order valence-electron chi connectivity index (χ2n) is 6.01. The number of amides is 1. The van der Waals surface area contributed by atoms with Crippen molar-refractivity contribution < 1.29 is 9.32 Å². The zero-order chi connectivity index (χ0) is 15.4. The van der Waals surface area contributed by atoms with Gasteiger partial charge in [-0.3, -0.25) is 4.79 Å². The average molecular weight is 299 g/mol. The van der Waals surface area contributed by atoms with Crippen LogP contribution in [-0.4, -0.2) is 16.0 Å². The second kappa shape index (κ2) is 6.73. The van der Waals surface area contributed by atoms with Crippen LogP contribution in [0.1, 0.15) is 43.5 Å². The molecule has 1 saturated carbocycles. The molecule has 0 radical (unpaired) electrons. The highest BCUT2D eigenvalue weighted by Crippen LogP contribution is 2.27. The molecule has 3 rings (SSSR count). The molecule has 1 fully saturated rings. The van der Waals surface area contributed by atoms with Gasteiger partial charge >= 0.3 is 0 Å². The van der Waals surface area contributed by atoms with Crippen LogP contribution in [0.2, 0.25) is 0 Å². The Hall–Kier alpha value is -2.17. The summed E-state index contributed by atoms with van der Waals surface area (Å²) in [4.78, 5) is 16.2. The number of nitrogens with zero attached hydrogens (tertiary/aromatic N) is 2. The molecule has 1 aromatic heterocycles. The first-order valence-corrected chi connectivity index (χ1v) is 7.87. The van der Waals surface area contributed by atoms with Crippen molar-refractivity contribution in [3.8, 4) is 11.5 Å². The SMILES string of the molecule is Cc1ccc(-c2nc(CNC(=O)CC3CCCC3)no2)cc1. The maximum atomic E-state index is 11.9. The van der Waals surface area contributed by atoms with Crippen molar-refractivity contribution in [3.63, 3.8) is 0 Å². The summed E-state index contributed by atoms with van der Waals surface area (Å²) in [7, 11) is 0. The Morgan fingerprint density at radius 3 is 2.73 bits per heavy atom. The van der Waals surface area contributed by atoms with Gasteiger partial charge in [-0.2, -0.15) is 4.98 Å². The van der Waals surface area contributed by atoms with Crippen molar-refractivity contribution in [2.24, 2.45) is 5.92 Å². The maximum Gasteiger partial charge on any atom is 0.257 e. The fraction of sp³-hybridized carbons (Fsp3) is 0.471. The normalized spacial score (nSPS) is 15.1. The lowest BCUT2D eigenvalue weighted by Gasteiger charge is -2.07. The van der Waals surface area contributed by atoms with Gasteiger partial charge < -0.3 is 9.84 Å². The molecule has 2 aromatic rings. The molecule has 0 unspecified atom stereocenters. The molecule has 0 aliphatic heterocycles. The van der Waals surface area contributed by atoms with E-state index in [2.05, 4.69) is 15.5 Å². The molecule has 22 heavy (non-hydrogen) atoms. The van der Waals surface area contributed by atoms with Crippen molar-refractivity contribution in [1.82, 2.24) is 15.5 Å². The Morgan fingerprint density at radius 2 is 2.00 bits per heavy atom. The van der Waals surface area contributed by atoms with Gasteiger partial charge in [0.25, 0.3) is 5.89 Å². The number of benzene rings is 1. The van der Waals surface area contributed by atoms with E-state index in [1.54, 1.807) is 0 Å². The third-order valence-electron chi connectivity index (χ3n) is 4.16. The van der Waals surface area contributed by atoms with Crippen molar-refractivity contribution in [1.29, 1.82) is 0 Å². The van der Waals surface area contributed by atoms with Gasteiger partial charge in [-0.15, -0.1) is 0 Å². The van der Waals surface area contributed by atoms with E-state index < -0.39 is 0 Å². The van der Waals surface area contributed by atoms with Crippen molar-refractivity contribution in [2.75, 3.05) is 0 Å². The molecule has 0 bridgehead atoms. The lowest BCUT2D eigenvalue weighted by Crippen LogP contribution is -2.25. The smallest absolute Gasteiger partial charge is 0.257 e. The van der Waals surface area contributed by atoms with E-state index in [1.165, 1.54) is 31.2 Å². The zero-order valence-electron chi connectivity index (χ0n) is 12.8. The molecule has 1 aliphatic carbocycles. The van der Waals surface area contributed by atoms with Gasteiger partial charge in [0.2, 0.25) is 5.91 Å². The maximum absolute atomic E-state index is 11.9. The Balaban J connectivity index is 1.53. The van der Waals surface area contributed by atoms with Crippen molar-refractivity contribution in [2.45, 2.75) is 45.6 Å². The number of carbonyl (C=O) groups excluding carboxylic acids is 1. The molecule has 0 saturated heterocycles. The minimum absolute atomic E-state index is 0.0774. The van der Waals surface area contributed by atoms with Gasteiger partial charge in [0.15, 0.2) is 5.82 Å². The molecule has 1 N–H and O–H groups in total. The predicted octanol–water partition coefficient (Wildman–Crippen LogP) is 3.24. The fourth-order valence-electron chi connectivity index (χ4n) is 2.87. The Kier molecular flexibility index (Phi) is 4.51. The molecular weight excluding hydrogens is 278 g/mol. The highest BCUT2D eigenvalue weighted by molar-refractivity contribution is 5.76. The number of hydrogen-bond acceptors (Lipinski definition) is 4. The summed E-state index contributed by atoms with van der Waals surface area (Å²) in [5.41, 5.74) is 2.07. The molecule has 0 atom stereocenters. The van der Waals surface area contributed by atoms with Crippen molar-refractivity contribution >= 4 is 5.91 Å². The molecule has 1 aromatic carbocycles. The number of rotatable bonds is 5. The molecule has 5 heteroatoms. The molecule has 0 spiro atoms. The number of hydrogen-bond donors (Lipinski definition) is 1.